The first kappa shape index (κ1) is 27.5. The summed E-state index contributed by atoms with van der Waals surface area (Å²) >= 11 is 0. The van der Waals surface area contributed by atoms with Gasteiger partial charge >= 0.3 is 5.97 Å². The minimum Gasteiger partial charge on any atom is -0.454 e. The molecule has 4 aromatic carbocycles. The van der Waals surface area contributed by atoms with Crippen molar-refractivity contribution < 1.29 is 18.7 Å². The molecule has 2 heterocycles. The van der Waals surface area contributed by atoms with Gasteiger partial charge in [-0.1, -0.05) is 78.9 Å². The van der Waals surface area contributed by atoms with E-state index < -0.39 is 18.0 Å². The maximum absolute atomic E-state index is 13.4. The number of carbonyl (C=O) groups is 2. The summed E-state index contributed by atoms with van der Waals surface area (Å²) in [6.07, 6.45) is 3.60. The van der Waals surface area contributed by atoms with Gasteiger partial charge in [-0.3, -0.25) is 4.79 Å². The van der Waals surface area contributed by atoms with Gasteiger partial charge in [0.05, 0.1) is 5.69 Å². The molecule has 0 radical (unpaired) electrons. The summed E-state index contributed by atoms with van der Waals surface area (Å²) in [5, 5.41) is 8.65. The van der Waals surface area contributed by atoms with E-state index in [4.69, 9.17) is 14.3 Å². The highest BCUT2D eigenvalue weighted by molar-refractivity contribution is 5.98. The molecule has 0 saturated heterocycles. The number of esters is 1. The van der Waals surface area contributed by atoms with Crippen LogP contribution in [0.5, 0.6) is 0 Å². The fraction of sp³-hybridized carbons (Fsp3) is 0.0833. The lowest BCUT2D eigenvalue weighted by molar-refractivity contribution is -0.149. The largest absolute Gasteiger partial charge is 0.454 e. The van der Waals surface area contributed by atoms with Gasteiger partial charge in [-0.2, -0.15) is 5.10 Å². The predicted octanol–water partition coefficient (Wildman–Crippen LogP) is 7.84. The zero-order valence-electron chi connectivity index (χ0n) is 23.7. The molecule has 2 aromatic heterocycles. The molecule has 6 aromatic rings. The lowest BCUT2D eigenvalue weighted by Crippen LogP contribution is -2.25. The molecule has 1 atom stereocenters. The number of aromatic nitrogens is 2. The van der Waals surface area contributed by atoms with Crippen molar-refractivity contribution in [1.82, 2.24) is 9.78 Å². The Morgan fingerprint density at radius 1 is 0.884 bits per heavy atom. The topological polar surface area (TPSA) is 86.4 Å². The number of carbonyl (C=O) groups excluding carboxylic acids is 2. The molecule has 0 aliphatic heterocycles. The van der Waals surface area contributed by atoms with Crippen molar-refractivity contribution in [2.45, 2.75) is 20.0 Å². The van der Waals surface area contributed by atoms with E-state index in [-0.39, 0.29) is 0 Å². The van der Waals surface area contributed by atoms with Crippen LogP contribution < -0.4 is 5.32 Å². The van der Waals surface area contributed by atoms with Gasteiger partial charge in [0.15, 0.2) is 5.76 Å². The normalized spacial score (nSPS) is 12.0. The third-order valence-corrected chi connectivity index (χ3v) is 7.05. The van der Waals surface area contributed by atoms with E-state index >= 15 is 0 Å². The van der Waals surface area contributed by atoms with Gasteiger partial charge in [0.2, 0.25) is 6.10 Å². The van der Waals surface area contributed by atoms with E-state index in [9.17, 15) is 9.59 Å². The zero-order chi connectivity index (χ0) is 29.8. The van der Waals surface area contributed by atoms with E-state index in [1.54, 1.807) is 35.0 Å². The molecule has 212 valence electrons. The number of nitrogens with zero attached hydrogens (tertiary/aromatic N) is 2. The number of hydrogen-bond donors (Lipinski definition) is 1. The van der Waals surface area contributed by atoms with E-state index in [2.05, 4.69) is 5.32 Å². The first-order chi connectivity index (χ1) is 20.9. The molecule has 0 aliphatic rings. The van der Waals surface area contributed by atoms with Gasteiger partial charge in [-0.15, -0.1) is 0 Å². The maximum atomic E-state index is 13.4. The van der Waals surface area contributed by atoms with Gasteiger partial charge in [0, 0.05) is 34.5 Å². The van der Waals surface area contributed by atoms with E-state index in [1.807, 2.05) is 105 Å². The van der Waals surface area contributed by atoms with Crippen molar-refractivity contribution in [1.29, 1.82) is 0 Å². The molecule has 0 bridgehead atoms. The summed E-state index contributed by atoms with van der Waals surface area (Å²) in [4.78, 5) is 26.6. The Balaban J connectivity index is 1.30. The standard InChI is InChI=1S/C36H29N3O4/c1-24-17-18-25(2)30(21-24)37-36(41)35(26-11-5-3-6-12-26)43-33(40)20-19-28-23-39(29-14-7-4-8-15-29)38-34(28)32-22-27-13-9-10-16-31(27)42-32/h3-23,35H,1-2H3,(H,37,41)/b20-19+. The first-order valence-corrected chi connectivity index (χ1v) is 13.9. The van der Waals surface area contributed by atoms with Gasteiger partial charge < -0.3 is 14.5 Å². The number of para-hydroxylation sites is 2. The van der Waals surface area contributed by atoms with Crippen molar-refractivity contribution in [2.75, 3.05) is 5.32 Å². The summed E-state index contributed by atoms with van der Waals surface area (Å²) in [7, 11) is 0. The summed E-state index contributed by atoms with van der Waals surface area (Å²) in [5.74, 6) is -0.548. The molecule has 7 heteroatoms. The predicted molar refractivity (Wildman–Crippen MR) is 168 cm³/mol. The second kappa shape index (κ2) is 12.0. The number of hydrogen-bond acceptors (Lipinski definition) is 5. The van der Waals surface area contributed by atoms with Crippen LogP contribution >= 0.6 is 0 Å². The fourth-order valence-electron chi connectivity index (χ4n) is 4.80. The van der Waals surface area contributed by atoms with Crippen LogP contribution in [0.2, 0.25) is 0 Å². The average Bonchev–Trinajstić information content (AvgIpc) is 3.66. The van der Waals surface area contributed by atoms with Crippen molar-refractivity contribution >= 4 is 34.6 Å². The third-order valence-electron chi connectivity index (χ3n) is 7.05. The molecular weight excluding hydrogens is 538 g/mol. The Morgan fingerprint density at radius 3 is 2.37 bits per heavy atom. The Labute approximate surface area is 249 Å². The second-order valence-electron chi connectivity index (χ2n) is 10.2. The van der Waals surface area contributed by atoms with Gasteiger partial charge in [0.25, 0.3) is 5.91 Å². The SMILES string of the molecule is Cc1ccc(C)c(NC(=O)C(OC(=O)/C=C/c2cn(-c3ccccc3)nc2-c2cc3ccccc3o2)c2ccccc2)c1. The van der Waals surface area contributed by atoms with Crippen LogP contribution in [0.15, 0.2) is 126 Å². The van der Waals surface area contributed by atoms with Crippen LogP contribution in [0.25, 0.3) is 34.2 Å². The van der Waals surface area contributed by atoms with Crippen LogP contribution in [0.1, 0.15) is 28.4 Å². The minimum atomic E-state index is -1.15. The summed E-state index contributed by atoms with van der Waals surface area (Å²) in [5.41, 5.74) is 5.95. The van der Waals surface area contributed by atoms with E-state index in [0.29, 0.717) is 28.3 Å². The lowest BCUT2D eigenvalue weighted by atomic mass is 10.1. The highest BCUT2D eigenvalue weighted by Crippen LogP contribution is 2.31. The second-order valence-corrected chi connectivity index (χ2v) is 10.2. The molecule has 0 spiro atoms. The Morgan fingerprint density at radius 2 is 1.60 bits per heavy atom. The molecule has 7 nitrogen and oxygen atoms in total. The van der Waals surface area contributed by atoms with Gasteiger partial charge in [-0.25, -0.2) is 9.48 Å². The van der Waals surface area contributed by atoms with E-state index in [1.165, 1.54) is 6.08 Å². The summed E-state index contributed by atoms with van der Waals surface area (Å²) in [6.45, 7) is 3.87. The molecule has 1 N–H and O–H groups in total. The van der Waals surface area contributed by atoms with Gasteiger partial charge in [0.1, 0.15) is 11.3 Å². The monoisotopic (exact) mass is 567 g/mol. The van der Waals surface area contributed by atoms with Crippen molar-refractivity contribution in [3.05, 3.63) is 144 Å². The van der Waals surface area contributed by atoms with Crippen molar-refractivity contribution in [2.24, 2.45) is 0 Å². The molecule has 0 saturated carbocycles. The van der Waals surface area contributed by atoms with Crippen LogP contribution in [0.3, 0.4) is 0 Å². The number of ether oxygens (including phenoxy) is 1. The fourth-order valence-corrected chi connectivity index (χ4v) is 4.80. The Bertz CT molecular complexity index is 1900. The minimum absolute atomic E-state index is 0.443. The molecule has 0 fully saturated rings. The average molecular weight is 568 g/mol. The number of rotatable bonds is 8. The zero-order valence-corrected chi connectivity index (χ0v) is 23.7. The Hall–Kier alpha value is -5.69. The number of aryl methyl sites for hydroxylation is 2. The highest BCUT2D eigenvalue weighted by atomic mass is 16.5. The number of fused-ring (bicyclic) bond motifs is 1. The summed E-state index contributed by atoms with van der Waals surface area (Å²) < 4.78 is 13.6. The van der Waals surface area contributed by atoms with Crippen molar-refractivity contribution in [3.63, 3.8) is 0 Å². The molecule has 0 aliphatic carbocycles. The van der Waals surface area contributed by atoms with Crippen molar-refractivity contribution in [3.8, 4) is 17.1 Å². The number of amides is 1. The molecule has 6 rings (SSSR count). The third kappa shape index (κ3) is 6.16. The number of anilines is 1. The van der Waals surface area contributed by atoms with Gasteiger partial charge in [-0.05, 0) is 61.4 Å². The van der Waals surface area contributed by atoms with Crippen LogP contribution in [-0.4, -0.2) is 21.7 Å². The van der Waals surface area contributed by atoms with Crippen LogP contribution in [0, 0.1) is 13.8 Å². The molecule has 1 amide bonds. The molecule has 1 unspecified atom stereocenters. The number of nitrogens with one attached hydrogen (secondary N) is 1. The number of benzene rings is 4. The smallest absolute Gasteiger partial charge is 0.331 e. The lowest BCUT2D eigenvalue weighted by Gasteiger charge is -2.18. The molecular formula is C36H29N3O4. The maximum Gasteiger partial charge on any atom is 0.331 e. The number of furan rings is 1. The van der Waals surface area contributed by atoms with Crippen LogP contribution in [0.4, 0.5) is 5.69 Å². The van der Waals surface area contributed by atoms with E-state index in [0.717, 1.165) is 27.8 Å². The molecule has 43 heavy (non-hydrogen) atoms. The Kier molecular flexibility index (Phi) is 7.70. The quantitative estimate of drug-likeness (QED) is 0.150. The first-order valence-electron chi connectivity index (χ1n) is 13.9. The van der Waals surface area contributed by atoms with Crippen LogP contribution in [-0.2, 0) is 14.3 Å². The summed E-state index contributed by atoms with van der Waals surface area (Å²) in [6, 6.07) is 34.1. The highest BCUT2D eigenvalue weighted by Gasteiger charge is 2.25.